The van der Waals surface area contributed by atoms with Crippen LogP contribution in [0.3, 0.4) is 0 Å². The van der Waals surface area contributed by atoms with Crippen molar-refractivity contribution in [3.05, 3.63) is 24.0 Å². The van der Waals surface area contributed by atoms with Gasteiger partial charge in [-0.3, -0.25) is 9.59 Å². The van der Waals surface area contributed by atoms with Crippen LogP contribution in [0.25, 0.3) is 0 Å². The summed E-state index contributed by atoms with van der Waals surface area (Å²) in [5.74, 6) is -9.76. The van der Waals surface area contributed by atoms with Crippen LogP contribution in [0.1, 0.15) is 47.5 Å². The predicted octanol–water partition coefficient (Wildman–Crippen LogP) is -0.203. The molecule has 0 aromatic carbocycles. The Kier molecular flexibility index (Phi) is 7.20. The normalized spacial score (nSPS) is 53.9. The minimum atomic E-state index is -2.82. The summed E-state index contributed by atoms with van der Waals surface area (Å²) in [4.78, 5) is 54.4. The smallest absolute Gasteiger partial charge is 0.366 e. The number of allylic oxidation sites excluding steroid dienone is 1. The number of esters is 4. The first-order valence-corrected chi connectivity index (χ1v) is 17.2. The van der Waals surface area contributed by atoms with Crippen molar-refractivity contribution in [1.29, 1.82) is 0 Å². The van der Waals surface area contributed by atoms with Crippen LogP contribution in [-0.2, 0) is 61.8 Å². The maximum Gasteiger partial charge on any atom is 0.366 e. The van der Waals surface area contributed by atoms with Gasteiger partial charge < -0.3 is 58.0 Å². The topological polar surface area (TPSA) is 215 Å². The van der Waals surface area contributed by atoms with Gasteiger partial charge in [0.2, 0.25) is 6.29 Å². The number of hydrogen-bond acceptors (Lipinski definition) is 16. The van der Waals surface area contributed by atoms with E-state index in [0.717, 1.165) is 14.2 Å². The molecule has 1 spiro atoms. The molecule has 0 aromatic heterocycles. The quantitative estimate of drug-likeness (QED) is 0.140. The zero-order valence-electron chi connectivity index (χ0n) is 29.4. The Balaban J connectivity index is 1.40. The summed E-state index contributed by atoms with van der Waals surface area (Å²) >= 11 is 0. The van der Waals surface area contributed by atoms with Crippen LogP contribution >= 0.6 is 0 Å². The van der Waals surface area contributed by atoms with E-state index in [2.05, 4.69) is 0 Å². The molecule has 3 aliphatic carbocycles. The Morgan fingerprint density at radius 3 is 2.31 bits per heavy atom. The number of ether oxygens (including phenoxy) is 9. The van der Waals surface area contributed by atoms with Gasteiger partial charge in [-0.2, -0.15) is 0 Å². The van der Waals surface area contributed by atoms with Crippen LogP contribution in [-0.4, -0.2) is 126 Å². The predicted molar refractivity (Wildman–Crippen MR) is 164 cm³/mol. The Morgan fingerprint density at radius 1 is 0.961 bits per heavy atom. The number of carbonyl (C=O) groups is 4. The second kappa shape index (κ2) is 10.5. The van der Waals surface area contributed by atoms with E-state index in [0.29, 0.717) is 0 Å². The van der Waals surface area contributed by atoms with Crippen molar-refractivity contribution in [2.45, 2.75) is 107 Å². The third-order valence-electron chi connectivity index (χ3n) is 14.1. The zero-order valence-corrected chi connectivity index (χ0v) is 29.4. The lowest BCUT2D eigenvalue weighted by molar-refractivity contribution is -0.314. The van der Waals surface area contributed by atoms with Crippen LogP contribution < -0.4 is 0 Å². The highest BCUT2D eigenvalue weighted by Gasteiger charge is 2.97. The van der Waals surface area contributed by atoms with Gasteiger partial charge in [0.15, 0.2) is 5.60 Å². The van der Waals surface area contributed by atoms with Crippen molar-refractivity contribution < 1.29 is 77.1 Å². The number of fused-ring (bicyclic) bond motifs is 7. The van der Waals surface area contributed by atoms with Crippen LogP contribution in [0.2, 0.25) is 0 Å². The molecule has 280 valence electrons. The van der Waals surface area contributed by atoms with Gasteiger partial charge in [0.25, 0.3) is 5.79 Å². The SMILES string of the molecule is C/C=C(\C)C(=O)O[C@H]1C[C@@H](OC(C)=O)[C@@]2(C(=O)OC)CO[C@@H]3C2[C@]12CO[C@](O)(C(=O)OC)[C@H]2[C@](C)(C12O[C@@]1(C)[C@H]1C[C@@H]2OC2OC=C[C@@]21O)[C@@H]3O. The minimum Gasteiger partial charge on any atom is -0.469 e. The Labute approximate surface area is 293 Å². The highest BCUT2D eigenvalue weighted by molar-refractivity contribution is 5.88. The first-order valence-electron chi connectivity index (χ1n) is 17.2. The molecule has 0 aromatic rings. The lowest BCUT2D eigenvalue weighted by Crippen LogP contribution is -2.79. The molecule has 7 fully saturated rings. The molecule has 16 heteroatoms. The van der Waals surface area contributed by atoms with E-state index >= 15 is 0 Å². The van der Waals surface area contributed by atoms with Gasteiger partial charge in [0, 0.05) is 47.5 Å². The van der Waals surface area contributed by atoms with Crippen molar-refractivity contribution in [2.75, 3.05) is 27.4 Å². The first-order chi connectivity index (χ1) is 23.9. The van der Waals surface area contributed by atoms with E-state index in [1.54, 1.807) is 33.8 Å². The van der Waals surface area contributed by atoms with Gasteiger partial charge in [0.05, 0.1) is 52.0 Å². The molecule has 3 saturated carbocycles. The molecule has 3 unspecified atom stereocenters. The van der Waals surface area contributed by atoms with Crippen molar-refractivity contribution in [3.8, 4) is 0 Å². The maximum atomic E-state index is 14.2. The fourth-order valence-corrected chi connectivity index (χ4v) is 12.2. The van der Waals surface area contributed by atoms with Gasteiger partial charge in [-0.05, 0) is 33.3 Å². The summed E-state index contributed by atoms with van der Waals surface area (Å²) in [5, 5.41) is 37.4. The number of hydrogen-bond donors (Lipinski definition) is 3. The molecule has 0 radical (unpaired) electrons. The lowest BCUT2D eigenvalue weighted by atomic mass is 9.37. The molecule has 8 rings (SSSR count). The number of rotatable bonds is 6. The fraction of sp³-hybridized carbons (Fsp3) is 0.771. The van der Waals surface area contributed by atoms with E-state index in [4.69, 9.17) is 42.6 Å². The molecule has 8 aliphatic rings. The van der Waals surface area contributed by atoms with E-state index in [1.807, 2.05) is 0 Å². The van der Waals surface area contributed by atoms with E-state index in [1.165, 1.54) is 19.3 Å². The molecule has 2 bridgehead atoms. The van der Waals surface area contributed by atoms with Crippen molar-refractivity contribution in [1.82, 2.24) is 0 Å². The summed E-state index contributed by atoms with van der Waals surface area (Å²) in [5.41, 5.74) is -9.47. The molecular weight excluding hydrogens is 676 g/mol. The number of aliphatic hydroxyl groups excluding tert-OH is 1. The molecule has 16 atom stereocenters. The highest BCUT2D eigenvalue weighted by atomic mass is 16.7. The molecule has 5 heterocycles. The third-order valence-corrected chi connectivity index (χ3v) is 14.1. The molecular formula is C35H44O16. The molecule has 0 amide bonds. The van der Waals surface area contributed by atoms with Crippen LogP contribution in [0.4, 0.5) is 0 Å². The van der Waals surface area contributed by atoms with E-state index < -0.39 is 130 Å². The highest BCUT2D eigenvalue weighted by Crippen LogP contribution is 2.83. The maximum absolute atomic E-state index is 14.2. The average molecular weight is 721 g/mol. The second-order valence-corrected chi connectivity index (χ2v) is 15.8. The first kappa shape index (κ1) is 34.9. The van der Waals surface area contributed by atoms with Crippen LogP contribution in [0.5, 0.6) is 0 Å². The summed E-state index contributed by atoms with van der Waals surface area (Å²) < 4.78 is 54.0. The van der Waals surface area contributed by atoms with Crippen LogP contribution in [0.15, 0.2) is 24.0 Å². The summed E-state index contributed by atoms with van der Waals surface area (Å²) in [6, 6.07) is 0. The van der Waals surface area contributed by atoms with E-state index in [9.17, 15) is 34.5 Å². The Morgan fingerprint density at radius 2 is 1.67 bits per heavy atom. The summed E-state index contributed by atoms with van der Waals surface area (Å²) in [7, 11) is 2.23. The van der Waals surface area contributed by atoms with Gasteiger partial charge in [-0.1, -0.05) is 13.0 Å². The van der Waals surface area contributed by atoms with Gasteiger partial charge in [-0.25, -0.2) is 9.59 Å². The second-order valence-electron chi connectivity index (χ2n) is 15.8. The van der Waals surface area contributed by atoms with Gasteiger partial charge in [-0.15, -0.1) is 0 Å². The number of methoxy groups -OCH3 is 2. The number of aliphatic hydroxyl groups is 3. The van der Waals surface area contributed by atoms with Crippen LogP contribution in [0, 0.1) is 34.0 Å². The molecule has 4 saturated heterocycles. The standard InChI is InChI=1S/C35H44O16/c1-8-15(2)24(38)49-18-12-19(48-16(3)36)32(26(39)43-6)13-46-21-22(32)31(18)14-47-34(42,27(40)44-7)25(31)29(4,23(21)37)35-20-11-17(30(35,5)51-35)33(41)9-10-45-28(33)50-20/h8-10,17-23,25,28,37,41-42H,11-14H2,1-7H3/b15-8+/t17-,18+,19-,20+,21-,22?,23-,25+,28?,29-,30+,31+,32+,33+,34+,35?/m1/s1. The fourth-order valence-electron chi connectivity index (χ4n) is 12.2. The molecule has 51 heavy (non-hydrogen) atoms. The third kappa shape index (κ3) is 3.65. The van der Waals surface area contributed by atoms with Crippen molar-refractivity contribution in [2.24, 2.45) is 34.0 Å². The minimum absolute atomic E-state index is 0.235. The number of carbonyl (C=O) groups excluding carboxylic acids is 4. The molecule has 16 nitrogen and oxygen atoms in total. The Hall–Kier alpha value is -3.12. The average Bonchev–Trinajstić information content (AvgIpc) is 3.47. The van der Waals surface area contributed by atoms with Crippen molar-refractivity contribution in [3.63, 3.8) is 0 Å². The summed E-state index contributed by atoms with van der Waals surface area (Å²) in [6.45, 7) is 6.88. The monoisotopic (exact) mass is 720 g/mol. The number of epoxide rings is 1. The molecule has 5 aliphatic heterocycles. The van der Waals surface area contributed by atoms with Gasteiger partial charge >= 0.3 is 23.9 Å². The van der Waals surface area contributed by atoms with Crippen molar-refractivity contribution >= 4 is 23.9 Å². The largest absolute Gasteiger partial charge is 0.469 e. The lowest BCUT2D eigenvalue weighted by Gasteiger charge is -2.65. The summed E-state index contributed by atoms with van der Waals surface area (Å²) in [6.07, 6.45) is -3.11. The Bertz CT molecular complexity index is 1660. The zero-order chi connectivity index (χ0) is 36.9. The van der Waals surface area contributed by atoms with Gasteiger partial charge in [0.1, 0.15) is 28.8 Å². The van der Waals surface area contributed by atoms with E-state index in [-0.39, 0.29) is 18.4 Å². The molecule has 3 N–H and O–H groups in total.